The van der Waals surface area contributed by atoms with Gasteiger partial charge in [-0.2, -0.15) is 0 Å². The normalized spacial score (nSPS) is 10.7. The van der Waals surface area contributed by atoms with Crippen molar-refractivity contribution >= 4 is 44.5 Å². The lowest BCUT2D eigenvalue weighted by Crippen LogP contribution is -1.90. The number of rotatable bonds is 4. The van der Waals surface area contributed by atoms with E-state index in [1.54, 1.807) is 20.7 Å². The van der Waals surface area contributed by atoms with Crippen LogP contribution in [0.3, 0.4) is 0 Å². The molecule has 0 aliphatic rings. The van der Waals surface area contributed by atoms with Crippen LogP contribution in [0.15, 0.2) is 42.5 Å². The Morgan fingerprint density at radius 1 is 1.09 bits per heavy atom. The molecule has 1 nitrogen and oxygen atoms in total. The number of hydrogen-bond donors (Lipinski definition) is 0. The van der Waals surface area contributed by atoms with E-state index in [-0.39, 0.29) is 0 Å². The molecule has 0 radical (unpaired) electrons. The molecule has 0 saturated carbocycles. The van der Waals surface area contributed by atoms with Crippen molar-refractivity contribution in [2.24, 2.45) is 0 Å². The van der Waals surface area contributed by atoms with Gasteiger partial charge < -0.3 is 4.74 Å². The molecule has 1 heterocycles. The fourth-order valence-electron chi connectivity index (χ4n) is 2.37. The molecule has 0 bridgehead atoms. The summed E-state index contributed by atoms with van der Waals surface area (Å²) in [6, 6.07) is 14.2. The molecule has 3 aromatic rings. The van der Waals surface area contributed by atoms with Crippen LogP contribution in [0.1, 0.15) is 12.5 Å². The number of ether oxygens (including phenoxy) is 1. The maximum Gasteiger partial charge on any atom is 0.119 e. The molecule has 0 spiro atoms. The maximum atomic E-state index is 6.46. The first-order chi connectivity index (χ1) is 11.1. The minimum atomic E-state index is 0.663. The van der Waals surface area contributed by atoms with Crippen LogP contribution in [0.2, 0.25) is 5.02 Å². The second kappa shape index (κ2) is 7.14. The SMILES string of the molecule is CCOc1ccc(-c2c(-c3ccc(C)cc3Cl)ssc2=S)cc1. The lowest BCUT2D eigenvalue weighted by atomic mass is 10.0. The van der Waals surface area contributed by atoms with Gasteiger partial charge in [-0.25, -0.2) is 0 Å². The highest BCUT2D eigenvalue weighted by molar-refractivity contribution is 7.80. The first kappa shape index (κ1) is 16.7. The predicted molar refractivity (Wildman–Crippen MR) is 105 cm³/mol. The van der Waals surface area contributed by atoms with Crippen molar-refractivity contribution in [3.05, 3.63) is 56.9 Å². The molecule has 0 amide bonds. The third kappa shape index (κ3) is 3.50. The summed E-state index contributed by atoms with van der Waals surface area (Å²) >= 11 is 12.0. The molecule has 0 aliphatic carbocycles. The van der Waals surface area contributed by atoms with Crippen LogP contribution in [-0.2, 0) is 0 Å². The number of benzene rings is 2. The van der Waals surface area contributed by atoms with Crippen molar-refractivity contribution in [3.63, 3.8) is 0 Å². The van der Waals surface area contributed by atoms with E-state index in [9.17, 15) is 0 Å². The van der Waals surface area contributed by atoms with Crippen molar-refractivity contribution in [3.8, 4) is 27.3 Å². The molecular formula is C18H15ClOS3. The molecule has 5 heteroatoms. The average molecular weight is 379 g/mol. The lowest BCUT2D eigenvalue weighted by Gasteiger charge is -2.08. The monoisotopic (exact) mass is 378 g/mol. The van der Waals surface area contributed by atoms with Crippen LogP contribution < -0.4 is 4.74 Å². The molecular weight excluding hydrogens is 364 g/mol. The van der Waals surface area contributed by atoms with Gasteiger partial charge in [0.1, 0.15) is 9.57 Å². The highest BCUT2D eigenvalue weighted by Gasteiger charge is 2.15. The smallest absolute Gasteiger partial charge is 0.119 e. The van der Waals surface area contributed by atoms with Crippen molar-refractivity contribution in [1.82, 2.24) is 0 Å². The fourth-order valence-corrected chi connectivity index (χ4v) is 5.69. The molecule has 0 N–H and O–H groups in total. The topological polar surface area (TPSA) is 9.23 Å². The molecule has 0 saturated heterocycles. The minimum Gasteiger partial charge on any atom is -0.494 e. The van der Waals surface area contributed by atoms with E-state index in [2.05, 4.69) is 24.3 Å². The maximum absolute atomic E-state index is 6.46. The summed E-state index contributed by atoms with van der Waals surface area (Å²) < 4.78 is 6.41. The van der Waals surface area contributed by atoms with Crippen LogP contribution in [0.25, 0.3) is 21.6 Å². The Kier molecular flexibility index (Phi) is 5.17. The molecule has 118 valence electrons. The largest absolute Gasteiger partial charge is 0.494 e. The molecule has 3 rings (SSSR count). The molecule has 0 fully saturated rings. The summed E-state index contributed by atoms with van der Waals surface area (Å²) in [5, 5.41) is 0.765. The van der Waals surface area contributed by atoms with Crippen LogP contribution in [-0.4, -0.2) is 6.61 Å². The first-order valence-electron chi connectivity index (χ1n) is 7.23. The Balaban J connectivity index is 2.10. The average Bonchev–Trinajstić information content (AvgIpc) is 2.90. The van der Waals surface area contributed by atoms with Gasteiger partial charge in [0.05, 0.1) is 11.5 Å². The third-order valence-electron chi connectivity index (χ3n) is 3.46. The van der Waals surface area contributed by atoms with Gasteiger partial charge in [0.15, 0.2) is 0 Å². The lowest BCUT2D eigenvalue weighted by molar-refractivity contribution is 0.340. The Hall–Kier alpha value is -1.20. The number of halogens is 1. The summed E-state index contributed by atoms with van der Waals surface area (Å²) in [5.74, 6) is 0.871. The van der Waals surface area contributed by atoms with Crippen LogP contribution in [0, 0.1) is 10.7 Å². The number of aryl methyl sites for hydroxylation is 1. The van der Waals surface area contributed by atoms with E-state index in [0.29, 0.717) is 6.61 Å². The molecule has 1 aromatic heterocycles. The van der Waals surface area contributed by atoms with Crippen molar-refractivity contribution < 1.29 is 4.74 Å². The van der Waals surface area contributed by atoms with Crippen molar-refractivity contribution in [1.29, 1.82) is 0 Å². The van der Waals surface area contributed by atoms with E-state index < -0.39 is 0 Å². The second-order valence-electron chi connectivity index (χ2n) is 5.10. The molecule has 0 unspecified atom stereocenters. The van der Waals surface area contributed by atoms with E-state index in [0.717, 1.165) is 41.7 Å². The van der Waals surface area contributed by atoms with E-state index in [1.807, 2.05) is 32.0 Å². The number of hydrogen-bond acceptors (Lipinski definition) is 4. The van der Waals surface area contributed by atoms with Crippen molar-refractivity contribution in [2.45, 2.75) is 13.8 Å². The fraction of sp³-hybridized carbons (Fsp3) is 0.167. The molecule has 0 atom stereocenters. The van der Waals surface area contributed by atoms with Gasteiger partial charge in [0.2, 0.25) is 0 Å². The summed E-state index contributed by atoms with van der Waals surface area (Å²) in [7, 11) is 3.30. The Labute approximate surface area is 153 Å². The quantitative estimate of drug-likeness (QED) is 0.349. The summed E-state index contributed by atoms with van der Waals surface area (Å²) in [6.07, 6.45) is 0. The standard InChI is InChI=1S/C18H15ClOS3/c1-3-20-13-7-5-12(6-8-13)16-17(22-23-18(16)21)14-9-4-11(2)10-15(14)19/h4-10H,3H2,1-2H3. The molecule has 0 aliphatic heterocycles. The molecule has 23 heavy (non-hydrogen) atoms. The highest BCUT2D eigenvalue weighted by Crippen LogP contribution is 2.44. The van der Waals surface area contributed by atoms with Gasteiger partial charge in [-0.3, -0.25) is 0 Å². The van der Waals surface area contributed by atoms with Gasteiger partial charge in [-0.05, 0) is 43.2 Å². The second-order valence-corrected chi connectivity index (χ2v) is 8.32. The zero-order valence-corrected chi connectivity index (χ0v) is 16.0. The van der Waals surface area contributed by atoms with E-state index in [4.69, 9.17) is 28.6 Å². The zero-order valence-electron chi connectivity index (χ0n) is 12.8. The first-order valence-corrected chi connectivity index (χ1v) is 10.2. The summed E-state index contributed by atoms with van der Waals surface area (Å²) in [6.45, 7) is 4.68. The third-order valence-corrected chi connectivity index (χ3v) is 6.82. The summed E-state index contributed by atoms with van der Waals surface area (Å²) in [4.78, 5) is 1.13. The van der Waals surface area contributed by atoms with Gasteiger partial charge in [0.25, 0.3) is 0 Å². The minimum absolute atomic E-state index is 0.663. The Morgan fingerprint density at radius 2 is 1.83 bits per heavy atom. The highest BCUT2D eigenvalue weighted by atomic mass is 35.5. The van der Waals surface area contributed by atoms with Crippen LogP contribution >= 0.6 is 44.5 Å². The van der Waals surface area contributed by atoms with E-state index >= 15 is 0 Å². The zero-order chi connectivity index (χ0) is 16.4. The Morgan fingerprint density at radius 3 is 2.48 bits per heavy atom. The van der Waals surface area contributed by atoms with Gasteiger partial charge >= 0.3 is 0 Å². The van der Waals surface area contributed by atoms with Gasteiger partial charge in [-0.1, -0.05) is 68.8 Å². The van der Waals surface area contributed by atoms with Crippen LogP contribution in [0.5, 0.6) is 5.75 Å². The van der Waals surface area contributed by atoms with Crippen molar-refractivity contribution in [2.75, 3.05) is 6.61 Å². The van der Waals surface area contributed by atoms with Crippen LogP contribution in [0.4, 0.5) is 0 Å². The summed E-state index contributed by atoms with van der Waals surface area (Å²) in [5.41, 5.74) is 4.38. The Bertz CT molecular complexity index is 878. The van der Waals surface area contributed by atoms with Gasteiger partial charge in [-0.15, -0.1) is 0 Å². The van der Waals surface area contributed by atoms with E-state index in [1.165, 1.54) is 0 Å². The molecule has 2 aromatic carbocycles. The predicted octanol–water partition coefficient (Wildman–Crippen LogP) is 7.23. The van der Waals surface area contributed by atoms with Gasteiger partial charge in [0, 0.05) is 16.1 Å².